The maximum Gasteiger partial charge on any atom is -0.0274 e. The van der Waals surface area contributed by atoms with E-state index in [9.17, 15) is 0 Å². The number of unbranched alkanes of at least 4 members (excludes halogenated alkanes) is 12. The van der Waals surface area contributed by atoms with Crippen LogP contribution in [0.3, 0.4) is 0 Å². The van der Waals surface area contributed by atoms with Crippen LogP contribution in [0.1, 0.15) is 203 Å². The summed E-state index contributed by atoms with van der Waals surface area (Å²) in [6, 6.07) is 5.03. The van der Waals surface area contributed by atoms with Crippen LogP contribution >= 0.6 is 0 Å². The van der Waals surface area contributed by atoms with E-state index in [2.05, 4.69) is 39.8 Å². The number of aryl methyl sites for hydroxylation is 2. The van der Waals surface area contributed by atoms with Crippen molar-refractivity contribution in [2.75, 3.05) is 0 Å². The molecule has 0 aromatic heterocycles. The third-order valence-electron chi connectivity index (χ3n) is 12.0. The summed E-state index contributed by atoms with van der Waals surface area (Å²) in [7, 11) is 0. The van der Waals surface area contributed by atoms with Crippen LogP contribution in [0, 0.1) is 37.5 Å². The van der Waals surface area contributed by atoms with E-state index in [1.807, 2.05) is 0 Å². The first kappa shape index (κ1) is 35.7. The van der Waals surface area contributed by atoms with Gasteiger partial charge in [-0.1, -0.05) is 180 Å². The Morgan fingerprint density at radius 2 is 0.690 bits per heavy atom. The fourth-order valence-corrected chi connectivity index (χ4v) is 8.59. The average molecular weight is 579 g/mol. The van der Waals surface area contributed by atoms with E-state index >= 15 is 0 Å². The second kappa shape index (κ2) is 21.8. The van der Waals surface area contributed by atoms with Crippen LogP contribution in [0.4, 0.5) is 0 Å². The van der Waals surface area contributed by atoms with Crippen molar-refractivity contribution in [3.8, 4) is 0 Å². The van der Waals surface area contributed by atoms with Crippen LogP contribution in [-0.4, -0.2) is 0 Å². The Labute approximate surface area is 265 Å². The fourth-order valence-electron chi connectivity index (χ4n) is 8.59. The average Bonchev–Trinajstić information content (AvgIpc) is 3.01. The molecule has 2 aliphatic carbocycles. The van der Waals surface area contributed by atoms with Crippen LogP contribution in [-0.2, 0) is 12.8 Å². The van der Waals surface area contributed by atoms with Gasteiger partial charge in [-0.3, -0.25) is 0 Å². The summed E-state index contributed by atoms with van der Waals surface area (Å²) in [5.41, 5.74) is 6.51. The Balaban J connectivity index is 1.26. The molecule has 0 bridgehead atoms. The van der Waals surface area contributed by atoms with Crippen molar-refractivity contribution >= 4 is 0 Å². The van der Waals surface area contributed by atoms with Crippen molar-refractivity contribution in [1.29, 1.82) is 0 Å². The molecular weight excluding hydrogens is 504 g/mol. The molecule has 0 spiro atoms. The van der Waals surface area contributed by atoms with E-state index in [0.717, 1.165) is 23.7 Å². The third kappa shape index (κ3) is 13.9. The third-order valence-corrected chi connectivity index (χ3v) is 12.0. The summed E-state index contributed by atoms with van der Waals surface area (Å²) < 4.78 is 0. The summed E-state index contributed by atoms with van der Waals surface area (Å²) in [4.78, 5) is 0. The molecule has 1 aromatic carbocycles. The lowest BCUT2D eigenvalue weighted by atomic mass is 9.77. The summed E-state index contributed by atoms with van der Waals surface area (Å²) in [6.07, 6.45) is 40.9. The first-order chi connectivity index (χ1) is 20.6. The highest BCUT2D eigenvalue weighted by atomic mass is 14.3. The van der Waals surface area contributed by atoms with Crippen molar-refractivity contribution in [2.45, 2.75) is 207 Å². The number of hydrogen-bond donors (Lipinski definition) is 0. The minimum atomic E-state index is 0.982. The fraction of sp³-hybridized carbons (Fsp3) is 0.857. The zero-order valence-electron chi connectivity index (χ0n) is 29.3. The minimum absolute atomic E-state index is 0.982. The molecule has 242 valence electrons. The van der Waals surface area contributed by atoms with Gasteiger partial charge in [-0.05, 0) is 85.5 Å². The summed E-state index contributed by atoms with van der Waals surface area (Å²) >= 11 is 0. The minimum Gasteiger partial charge on any atom is -0.0654 e. The van der Waals surface area contributed by atoms with Gasteiger partial charge < -0.3 is 0 Å². The first-order valence-corrected chi connectivity index (χ1v) is 19.7. The topological polar surface area (TPSA) is 0 Å². The molecule has 0 nitrogen and oxygen atoms in total. The molecule has 2 aliphatic rings. The summed E-state index contributed by atoms with van der Waals surface area (Å²) in [6.45, 7) is 9.47. The predicted octanol–water partition coefficient (Wildman–Crippen LogP) is 14.1. The molecular formula is C42H74. The van der Waals surface area contributed by atoms with Crippen LogP contribution in [0.5, 0.6) is 0 Å². The van der Waals surface area contributed by atoms with Gasteiger partial charge in [0.2, 0.25) is 0 Å². The number of rotatable bonds is 22. The lowest BCUT2D eigenvalue weighted by molar-refractivity contribution is 0.248. The highest BCUT2D eigenvalue weighted by Crippen LogP contribution is 2.36. The Morgan fingerprint density at radius 3 is 1.02 bits per heavy atom. The van der Waals surface area contributed by atoms with Crippen LogP contribution < -0.4 is 0 Å². The van der Waals surface area contributed by atoms with E-state index in [1.54, 1.807) is 22.3 Å². The highest BCUT2D eigenvalue weighted by molar-refractivity contribution is 5.39. The van der Waals surface area contributed by atoms with E-state index < -0.39 is 0 Å². The molecule has 0 N–H and O–H groups in total. The number of hydrogen-bond acceptors (Lipinski definition) is 0. The molecule has 3 rings (SSSR count). The molecule has 0 heteroatoms. The standard InChI is InChI=1S/C42H74/c1-5-7-9-11-13-15-17-19-37-21-25-39(26-22-37)29-31-41-33-34-42(36(4)35(41)3)32-30-40-27-23-38(24-28-40)20-18-16-14-12-10-8-6-2/h33-34,37-40H,5-32H2,1-4H3. The van der Waals surface area contributed by atoms with Gasteiger partial charge in [-0.25, -0.2) is 0 Å². The van der Waals surface area contributed by atoms with Crippen molar-refractivity contribution in [3.05, 3.63) is 34.4 Å². The van der Waals surface area contributed by atoms with Gasteiger partial charge in [0.25, 0.3) is 0 Å². The van der Waals surface area contributed by atoms with E-state index in [4.69, 9.17) is 0 Å². The Morgan fingerprint density at radius 1 is 0.405 bits per heavy atom. The van der Waals surface area contributed by atoms with Gasteiger partial charge in [-0.2, -0.15) is 0 Å². The van der Waals surface area contributed by atoms with Crippen molar-refractivity contribution in [3.63, 3.8) is 0 Å². The van der Waals surface area contributed by atoms with Crippen molar-refractivity contribution in [2.24, 2.45) is 23.7 Å². The molecule has 0 radical (unpaired) electrons. The van der Waals surface area contributed by atoms with Crippen molar-refractivity contribution in [1.82, 2.24) is 0 Å². The lowest BCUT2D eigenvalue weighted by Gasteiger charge is -2.29. The lowest BCUT2D eigenvalue weighted by Crippen LogP contribution is -2.16. The predicted molar refractivity (Wildman–Crippen MR) is 189 cm³/mol. The van der Waals surface area contributed by atoms with E-state index in [0.29, 0.717) is 0 Å². The van der Waals surface area contributed by atoms with Crippen LogP contribution in [0.15, 0.2) is 12.1 Å². The van der Waals surface area contributed by atoms with Gasteiger partial charge in [0.15, 0.2) is 0 Å². The quantitative estimate of drug-likeness (QED) is 0.120. The van der Waals surface area contributed by atoms with E-state index in [-0.39, 0.29) is 0 Å². The molecule has 0 aliphatic heterocycles. The maximum absolute atomic E-state index is 2.52. The van der Waals surface area contributed by atoms with Gasteiger partial charge in [0, 0.05) is 0 Å². The highest BCUT2D eigenvalue weighted by Gasteiger charge is 2.22. The van der Waals surface area contributed by atoms with Crippen LogP contribution in [0.2, 0.25) is 0 Å². The van der Waals surface area contributed by atoms with Gasteiger partial charge in [0.1, 0.15) is 0 Å². The van der Waals surface area contributed by atoms with Crippen LogP contribution in [0.25, 0.3) is 0 Å². The molecule has 2 saturated carbocycles. The smallest absolute Gasteiger partial charge is 0.0274 e. The normalized spacial score (nSPS) is 23.0. The molecule has 42 heavy (non-hydrogen) atoms. The molecule has 0 atom stereocenters. The molecule has 2 fully saturated rings. The monoisotopic (exact) mass is 579 g/mol. The van der Waals surface area contributed by atoms with Gasteiger partial charge in [0.05, 0.1) is 0 Å². The van der Waals surface area contributed by atoms with E-state index in [1.165, 1.54) is 180 Å². The van der Waals surface area contributed by atoms with Gasteiger partial charge >= 0.3 is 0 Å². The Kier molecular flexibility index (Phi) is 18.6. The largest absolute Gasteiger partial charge is 0.0654 e. The molecule has 1 aromatic rings. The maximum atomic E-state index is 2.52. The second-order valence-electron chi connectivity index (χ2n) is 15.3. The Hall–Kier alpha value is -0.780. The SMILES string of the molecule is CCCCCCCCCC1CCC(CCc2ccc(CCC3CCC(CCCCCCCCC)CC3)c(C)c2C)CC1. The molecule has 0 saturated heterocycles. The zero-order valence-corrected chi connectivity index (χ0v) is 29.3. The molecule has 0 heterocycles. The molecule has 0 unspecified atom stereocenters. The molecule has 0 amide bonds. The van der Waals surface area contributed by atoms with Crippen molar-refractivity contribution < 1.29 is 0 Å². The van der Waals surface area contributed by atoms with Gasteiger partial charge in [-0.15, -0.1) is 0 Å². The summed E-state index contributed by atoms with van der Waals surface area (Å²) in [5, 5.41) is 0. The number of benzene rings is 1. The summed E-state index contributed by atoms with van der Waals surface area (Å²) in [5.74, 6) is 4.05. The first-order valence-electron chi connectivity index (χ1n) is 19.7. The second-order valence-corrected chi connectivity index (χ2v) is 15.3. The Bertz CT molecular complexity index is 722. The zero-order chi connectivity index (χ0) is 29.8.